The Morgan fingerprint density at radius 2 is 1.65 bits per heavy atom. The lowest BCUT2D eigenvalue weighted by Gasteiger charge is -2.23. The monoisotopic (exact) mass is 417 g/mol. The van der Waals surface area contributed by atoms with Crippen LogP contribution in [0.1, 0.15) is 22.8 Å². The maximum Gasteiger partial charge on any atom is 0.323 e. The van der Waals surface area contributed by atoms with Crippen molar-refractivity contribution in [1.29, 1.82) is 0 Å². The predicted molar refractivity (Wildman–Crippen MR) is 114 cm³/mol. The molecule has 0 saturated heterocycles. The molecule has 8 nitrogen and oxygen atoms in total. The van der Waals surface area contributed by atoms with E-state index in [-0.39, 0.29) is 12.1 Å². The third-order valence-electron chi connectivity index (χ3n) is 5.15. The Morgan fingerprint density at radius 1 is 1.00 bits per heavy atom. The summed E-state index contributed by atoms with van der Waals surface area (Å²) in [7, 11) is 0. The molecule has 0 aromatic heterocycles. The van der Waals surface area contributed by atoms with Crippen LogP contribution in [-0.2, 0) is 22.4 Å². The molecule has 0 bridgehead atoms. The lowest BCUT2D eigenvalue weighted by atomic mass is 10.0. The Morgan fingerprint density at radius 3 is 2.32 bits per heavy atom. The first-order chi connectivity index (χ1) is 14.9. The normalized spacial score (nSPS) is 14.7. The molecule has 1 heterocycles. The van der Waals surface area contributed by atoms with E-state index in [0.29, 0.717) is 28.9 Å². The van der Waals surface area contributed by atoms with Gasteiger partial charge in [-0.05, 0) is 23.3 Å². The van der Waals surface area contributed by atoms with Crippen molar-refractivity contribution in [1.82, 2.24) is 0 Å². The minimum atomic E-state index is -0.627. The van der Waals surface area contributed by atoms with Gasteiger partial charge in [-0.25, -0.2) is 4.79 Å². The van der Waals surface area contributed by atoms with Crippen LogP contribution < -0.4 is 10.6 Å². The van der Waals surface area contributed by atoms with Crippen molar-refractivity contribution < 1.29 is 19.2 Å². The fourth-order valence-corrected chi connectivity index (χ4v) is 3.75. The first kappa shape index (κ1) is 20.1. The van der Waals surface area contributed by atoms with Crippen LogP contribution >= 0.6 is 0 Å². The number of nitrogens with zero attached hydrogens (tertiary/aromatic N) is 2. The number of amides is 2. The third kappa shape index (κ3) is 4.09. The second-order valence-corrected chi connectivity index (χ2v) is 7.14. The molecule has 0 aliphatic carbocycles. The highest BCUT2D eigenvalue weighted by molar-refractivity contribution is 6.00. The summed E-state index contributed by atoms with van der Waals surface area (Å²) in [4.78, 5) is 36.7. The number of esters is 1. The number of fused-ring (bicyclic) bond motifs is 2. The summed E-state index contributed by atoms with van der Waals surface area (Å²) >= 11 is 0. The van der Waals surface area contributed by atoms with Crippen molar-refractivity contribution in [3.05, 3.63) is 99.6 Å². The molecule has 4 rings (SSSR count). The fourth-order valence-electron chi connectivity index (χ4n) is 3.75. The molecule has 1 unspecified atom stereocenters. The van der Waals surface area contributed by atoms with Gasteiger partial charge in [-0.1, -0.05) is 48.5 Å². The number of ether oxygens (including phenoxy) is 1. The average molecular weight is 417 g/mol. The van der Waals surface area contributed by atoms with E-state index < -0.39 is 23.0 Å². The highest BCUT2D eigenvalue weighted by Crippen LogP contribution is 2.41. The molecule has 0 radical (unpaired) electrons. The van der Waals surface area contributed by atoms with Gasteiger partial charge in [0.1, 0.15) is 6.10 Å². The van der Waals surface area contributed by atoms with E-state index in [0.717, 1.165) is 5.56 Å². The van der Waals surface area contributed by atoms with E-state index >= 15 is 0 Å². The lowest BCUT2D eigenvalue weighted by Crippen LogP contribution is -2.32. The van der Waals surface area contributed by atoms with Crippen LogP contribution in [0.3, 0.4) is 0 Å². The van der Waals surface area contributed by atoms with Gasteiger partial charge in [0.25, 0.3) is 5.69 Å². The number of hydrogen-bond acceptors (Lipinski definition) is 5. The number of para-hydroxylation sites is 2. The number of non-ortho nitro benzene ring substituents is 1. The molecule has 1 aliphatic rings. The summed E-state index contributed by atoms with van der Waals surface area (Å²) < 4.78 is 5.81. The molecule has 156 valence electrons. The van der Waals surface area contributed by atoms with E-state index in [4.69, 9.17) is 10.5 Å². The number of carbonyl (C=O) groups is 2. The molecule has 31 heavy (non-hydrogen) atoms. The molecule has 2 amide bonds. The number of carbonyl (C=O) groups excluding carboxylic acids is 2. The number of primary amides is 1. The van der Waals surface area contributed by atoms with Crippen molar-refractivity contribution in [2.75, 3.05) is 4.90 Å². The molecular formula is C23H19N3O5. The Kier molecular flexibility index (Phi) is 5.36. The minimum Gasteiger partial charge on any atom is -0.457 e. The zero-order valence-electron chi connectivity index (χ0n) is 16.4. The molecule has 1 atom stereocenters. The topological polar surface area (TPSA) is 116 Å². The minimum absolute atomic E-state index is 0.0299. The van der Waals surface area contributed by atoms with Crippen LogP contribution in [0, 0.1) is 10.1 Å². The van der Waals surface area contributed by atoms with Crippen LogP contribution in [0.4, 0.5) is 21.9 Å². The molecule has 2 N–H and O–H groups in total. The Hall–Kier alpha value is -4.20. The highest BCUT2D eigenvalue weighted by atomic mass is 16.6. The summed E-state index contributed by atoms with van der Waals surface area (Å²) in [5.41, 5.74) is 8.96. The van der Waals surface area contributed by atoms with E-state index in [2.05, 4.69) is 0 Å². The van der Waals surface area contributed by atoms with Gasteiger partial charge in [-0.15, -0.1) is 0 Å². The molecule has 8 heteroatoms. The number of urea groups is 1. The molecule has 3 aromatic carbocycles. The van der Waals surface area contributed by atoms with Crippen LogP contribution in [-0.4, -0.2) is 16.9 Å². The molecule has 0 fully saturated rings. The number of nitrogens with two attached hydrogens (primary N) is 1. The first-order valence-corrected chi connectivity index (χ1v) is 9.63. The maximum atomic E-state index is 12.7. The maximum absolute atomic E-state index is 12.7. The molecular weight excluding hydrogens is 398 g/mol. The number of nitro benzene ring substituents is 1. The van der Waals surface area contributed by atoms with Crippen LogP contribution in [0.2, 0.25) is 0 Å². The van der Waals surface area contributed by atoms with E-state index in [1.807, 2.05) is 24.3 Å². The smallest absolute Gasteiger partial charge is 0.323 e. The highest BCUT2D eigenvalue weighted by Gasteiger charge is 2.31. The summed E-state index contributed by atoms with van der Waals surface area (Å²) in [5, 5.41) is 10.8. The molecule has 1 aliphatic heterocycles. The van der Waals surface area contributed by atoms with Gasteiger partial charge in [0.15, 0.2) is 0 Å². The predicted octanol–water partition coefficient (Wildman–Crippen LogP) is 4.19. The van der Waals surface area contributed by atoms with Gasteiger partial charge in [0.2, 0.25) is 0 Å². The van der Waals surface area contributed by atoms with Gasteiger partial charge < -0.3 is 10.5 Å². The summed E-state index contributed by atoms with van der Waals surface area (Å²) in [6.45, 7) is 0. The number of hydrogen-bond donors (Lipinski definition) is 1. The fraction of sp³-hybridized carbons (Fsp3) is 0.130. The van der Waals surface area contributed by atoms with E-state index in [9.17, 15) is 19.7 Å². The van der Waals surface area contributed by atoms with Crippen LogP contribution in [0.5, 0.6) is 0 Å². The standard InChI is InChI=1S/C23H19N3O5/c24-23(28)25-19-7-3-1-5-16(19)14-21(18-6-2-4-8-20(18)25)31-22(27)13-15-9-11-17(12-10-15)26(29)30/h1-12,21H,13-14H2,(H2,24,28). The van der Waals surface area contributed by atoms with E-state index in [1.54, 1.807) is 24.3 Å². The van der Waals surface area contributed by atoms with Crippen molar-refractivity contribution in [2.24, 2.45) is 5.73 Å². The average Bonchev–Trinajstić information content (AvgIpc) is 2.88. The second kappa shape index (κ2) is 8.27. The summed E-state index contributed by atoms with van der Waals surface area (Å²) in [5.74, 6) is -0.473. The van der Waals surface area contributed by atoms with Gasteiger partial charge >= 0.3 is 12.0 Å². The van der Waals surface area contributed by atoms with Crippen molar-refractivity contribution in [2.45, 2.75) is 18.9 Å². The second-order valence-electron chi connectivity index (χ2n) is 7.14. The zero-order valence-corrected chi connectivity index (χ0v) is 16.4. The van der Waals surface area contributed by atoms with E-state index in [1.165, 1.54) is 29.2 Å². The van der Waals surface area contributed by atoms with Crippen molar-refractivity contribution >= 4 is 29.1 Å². The largest absolute Gasteiger partial charge is 0.457 e. The summed E-state index contributed by atoms with van der Waals surface area (Å²) in [6.07, 6.45) is -0.270. The Bertz CT molecular complexity index is 1160. The van der Waals surface area contributed by atoms with Crippen LogP contribution in [0.15, 0.2) is 72.8 Å². The molecule has 0 spiro atoms. The number of benzene rings is 3. The Balaban J connectivity index is 1.63. The lowest BCUT2D eigenvalue weighted by molar-refractivity contribution is -0.384. The quantitative estimate of drug-likeness (QED) is 0.388. The molecule has 0 saturated carbocycles. The number of rotatable bonds is 4. The molecule has 3 aromatic rings. The SMILES string of the molecule is NC(=O)N1c2ccccc2CC(OC(=O)Cc2ccc([N+](=O)[O-])cc2)c2ccccc21. The van der Waals surface area contributed by atoms with Gasteiger partial charge in [-0.2, -0.15) is 0 Å². The first-order valence-electron chi connectivity index (χ1n) is 9.63. The van der Waals surface area contributed by atoms with Crippen molar-refractivity contribution in [3.8, 4) is 0 Å². The summed E-state index contributed by atoms with van der Waals surface area (Å²) in [6, 6.07) is 19.7. The zero-order chi connectivity index (χ0) is 22.0. The van der Waals surface area contributed by atoms with Gasteiger partial charge in [0.05, 0.1) is 22.7 Å². The number of nitro groups is 1. The Labute approximate surface area is 178 Å². The third-order valence-corrected chi connectivity index (χ3v) is 5.15. The van der Waals surface area contributed by atoms with Crippen LogP contribution in [0.25, 0.3) is 0 Å². The van der Waals surface area contributed by atoms with Crippen molar-refractivity contribution in [3.63, 3.8) is 0 Å². The van der Waals surface area contributed by atoms with Gasteiger partial charge in [-0.3, -0.25) is 19.8 Å². The number of anilines is 2. The van der Waals surface area contributed by atoms with Gasteiger partial charge in [0, 0.05) is 24.1 Å².